The summed E-state index contributed by atoms with van der Waals surface area (Å²) in [5.74, 6) is -3.98. The molecule has 0 radical (unpaired) electrons. The van der Waals surface area contributed by atoms with Gasteiger partial charge in [0.05, 0.1) is 43.1 Å². The summed E-state index contributed by atoms with van der Waals surface area (Å²) >= 11 is 0. The maximum Gasteiger partial charge on any atom is 0.390 e. The number of halogens is 5. The summed E-state index contributed by atoms with van der Waals surface area (Å²) < 4.78 is 68.2. The van der Waals surface area contributed by atoms with Gasteiger partial charge in [-0.2, -0.15) is 18.3 Å². The SMILES string of the molecule is CCCC(=O)N[C@@H](c1cnn2cc([C@@H](NC(=O)c3ncn(CCC(F)(F)F)n3)C3CCC(F)(F)CC3)nc2c1)C1CC1. The highest BCUT2D eigenvalue weighted by molar-refractivity contribution is 5.90. The Morgan fingerprint density at radius 3 is 2.48 bits per heavy atom. The van der Waals surface area contributed by atoms with Crippen molar-refractivity contribution in [3.8, 4) is 0 Å². The van der Waals surface area contributed by atoms with Crippen LogP contribution >= 0.6 is 0 Å². The molecule has 15 heteroatoms. The number of fused-ring (bicyclic) bond motifs is 1. The molecule has 0 spiro atoms. The summed E-state index contributed by atoms with van der Waals surface area (Å²) in [6.45, 7) is 1.44. The van der Waals surface area contributed by atoms with Crippen molar-refractivity contribution in [2.45, 2.75) is 95.4 Å². The van der Waals surface area contributed by atoms with E-state index in [0.29, 0.717) is 23.7 Å². The lowest BCUT2D eigenvalue weighted by Gasteiger charge is -2.33. The second-order valence-corrected chi connectivity index (χ2v) is 11.2. The highest BCUT2D eigenvalue weighted by Gasteiger charge is 2.40. The van der Waals surface area contributed by atoms with Crippen LogP contribution < -0.4 is 10.6 Å². The predicted molar refractivity (Wildman–Crippen MR) is 139 cm³/mol. The van der Waals surface area contributed by atoms with Gasteiger partial charge in [0, 0.05) is 19.3 Å². The lowest BCUT2D eigenvalue weighted by Crippen LogP contribution is -2.37. The molecule has 42 heavy (non-hydrogen) atoms. The lowest BCUT2D eigenvalue weighted by atomic mass is 9.81. The minimum absolute atomic E-state index is 0.0374. The number of aromatic nitrogens is 6. The van der Waals surface area contributed by atoms with Gasteiger partial charge in [-0.05, 0) is 55.6 Å². The number of carbonyl (C=O) groups excluding carboxylic acids is 2. The number of amides is 2. The van der Waals surface area contributed by atoms with Crippen LogP contribution in [0.3, 0.4) is 0 Å². The molecule has 2 aliphatic carbocycles. The van der Waals surface area contributed by atoms with Crippen LogP contribution in [-0.2, 0) is 11.3 Å². The van der Waals surface area contributed by atoms with Gasteiger partial charge in [-0.15, -0.1) is 5.10 Å². The molecule has 228 valence electrons. The molecule has 0 saturated heterocycles. The molecule has 0 bridgehead atoms. The molecule has 3 aromatic heterocycles. The molecule has 0 unspecified atom stereocenters. The first kappa shape index (κ1) is 29.8. The molecular formula is C27H33F5N8O2. The first-order valence-electron chi connectivity index (χ1n) is 14.2. The maximum atomic E-state index is 14.0. The van der Waals surface area contributed by atoms with Crippen LogP contribution in [0.2, 0.25) is 0 Å². The third-order valence-electron chi connectivity index (χ3n) is 7.81. The number of nitrogens with zero attached hydrogens (tertiary/aromatic N) is 6. The van der Waals surface area contributed by atoms with E-state index in [4.69, 9.17) is 0 Å². The van der Waals surface area contributed by atoms with Crippen molar-refractivity contribution < 1.29 is 31.5 Å². The Morgan fingerprint density at radius 2 is 1.81 bits per heavy atom. The van der Waals surface area contributed by atoms with E-state index in [0.717, 1.165) is 35.8 Å². The molecule has 2 amide bonds. The van der Waals surface area contributed by atoms with Crippen LogP contribution in [0.5, 0.6) is 0 Å². The number of rotatable bonds is 11. The standard InChI is InChI=1S/C27H33F5N8O2/c1-2-3-21(41)36-22(16-4-5-16)18-12-20-35-19(14-40(20)34-13-18)23(17-6-8-26(28,29)9-7-17)37-25(42)24-33-15-39(38-24)11-10-27(30,31)32/h12-17,22-23H,2-11H2,1H3,(H,36,41)(H,37,42)/t22-,23+/m1/s1. The Morgan fingerprint density at radius 1 is 1.10 bits per heavy atom. The Hall–Kier alpha value is -3.65. The highest BCUT2D eigenvalue weighted by atomic mass is 19.4. The maximum absolute atomic E-state index is 14.0. The van der Waals surface area contributed by atoms with Crippen LogP contribution in [0, 0.1) is 11.8 Å². The lowest BCUT2D eigenvalue weighted by molar-refractivity contribution is -0.137. The number of hydrogen-bond acceptors (Lipinski definition) is 6. The Kier molecular flexibility index (Phi) is 8.46. The summed E-state index contributed by atoms with van der Waals surface area (Å²) in [4.78, 5) is 34.0. The third-order valence-corrected chi connectivity index (χ3v) is 7.81. The second kappa shape index (κ2) is 11.9. The number of nitrogens with one attached hydrogen (secondary N) is 2. The summed E-state index contributed by atoms with van der Waals surface area (Å²) in [6, 6.07) is 0.837. The van der Waals surface area contributed by atoms with Gasteiger partial charge in [-0.25, -0.2) is 23.3 Å². The van der Waals surface area contributed by atoms with Gasteiger partial charge in [0.25, 0.3) is 5.91 Å². The van der Waals surface area contributed by atoms with E-state index in [9.17, 15) is 31.5 Å². The van der Waals surface area contributed by atoms with Crippen LogP contribution in [0.25, 0.3) is 5.65 Å². The van der Waals surface area contributed by atoms with Gasteiger partial charge in [-0.3, -0.25) is 14.3 Å². The average Bonchev–Trinajstić information content (AvgIpc) is 3.49. The second-order valence-electron chi connectivity index (χ2n) is 11.2. The smallest absolute Gasteiger partial charge is 0.349 e. The van der Waals surface area contributed by atoms with Crippen LogP contribution in [0.1, 0.15) is 98.7 Å². The fourth-order valence-corrected chi connectivity index (χ4v) is 5.39. The van der Waals surface area contributed by atoms with E-state index in [1.54, 1.807) is 12.4 Å². The molecule has 0 aromatic carbocycles. The minimum atomic E-state index is -4.39. The first-order chi connectivity index (χ1) is 19.9. The van der Waals surface area contributed by atoms with Crippen LogP contribution in [0.15, 0.2) is 24.8 Å². The van der Waals surface area contributed by atoms with Crippen molar-refractivity contribution in [2.75, 3.05) is 0 Å². The van der Waals surface area contributed by atoms with E-state index in [1.807, 2.05) is 13.0 Å². The van der Waals surface area contributed by atoms with E-state index in [-0.39, 0.29) is 49.4 Å². The Balaban J connectivity index is 1.38. The molecule has 2 saturated carbocycles. The first-order valence-corrected chi connectivity index (χ1v) is 14.2. The zero-order chi connectivity index (χ0) is 30.1. The third kappa shape index (κ3) is 7.40. The van der Waals surface area contributed by atoms with E-state index in [2.05, 4.69) is 30.8 Å². The predicted octanol–water partition coefficient (Wildman–Crippen LogP) is 4.94. The molecule has 3 heterocycles. The van der Waals surface area contributed by atoms with E-state index < -0.39 is 37.0 Å². The Bertz CT molecular complexity index is 1410. The number of imidazole rings is 1. The van der Waals surface area contributed by atoms with E-state index in [1.165, 1.54) is 4.52 Å². The number of alkyl halides is 5. The zero-order valence-electron chi connectivity index (χ0n) is 23.1. The van der Waals surface area contributed by atoms with Crippen molar-refractivity contribution in [2.24, 2.45) is 11.8 Å². The molecule has 2 N–H and O–H groups in total. The molecule has 2 fully saturated rings. The van der Waals surface area contributed by atoms with Gasteiger partial charge in [0.1, 0.15) is 6.33 Å². The Labute approximate surface area is 238 Å². The largest absolute Gasteiger partial charge is 0.390 e. The normalized spacial score (nSPS) is 19.0. The molecule has 2 aliphatic rings. The van der Waals surface area contributed by atoms with Crippen molar-refractivity contribution in [1.29, 1.82) is 0 Å². The molecule has 3 aromatic rings. The van der Waals surface area contributed by atoms with Crippen LogP contribution in [0.4, 0.5) is 22.0 Å². The highest BCUT2D eigenvalue weighted by Crippen LogP contribution is 2.42. The quantitative estimate of drug-likeness (QED) is 0.303. The van der Waals surface area contributed by atoms with Gasteiger partial charge in [0.15, 0.2) is 5.65 Å². The summed E-state index contributed by atoms with van der Waals surface area (Å²) in [7, 11) is 0. The van der Waals surface area contributed by atoms with Crippen LogP contribution in [-0.4, -0.2) is 53.3 Å². The molecule has 2 atom stereocenters. The van der Waals surface area contributed by atoms with Gasteiger partial charge >= 0.3 is 6.18 Å². The molecular weight excluding hydrogens is 563 g/mol. The van der Waals surface area contributed by atoms with Crippen molar-refractivity contribution in [1.82, 2.24) is 40.0 Å². The van der Waals surface area contributed by atoms with Crippen molar-refractivity contribution in [3.05, 3.63) is 41.9 Å². The fourth-order valence-electron chi connectivity index (χ4n) is 5.39. The van der Waals surface area contributed by atoms with Gasteiger partial charge in [-0.1, -0.05) is 6.92 Å². The summed E-state index contributed by atoms with van der Waals surface area (Å²) in [6.07, 6.45) is 1.51. The van der Waals surface area contributed by atoms with Crippen molar-refractivity contribution in [3.63, 3.8) is 0 Å². The number of carbonyl (C=O) groups is 2. The van der Waals surface area contributed by atoms with Gasteiger partial charge < -0.3 is 10.6 Å². The monoisotopic (exact) mass is 596 g/mol. The number of aryl methyl sites for hydroxylation is 1. The molecule has 0 aliphatic heterocycles. The van der Waals surface area contributed by atoms with Crippen molar-refractivity contribution >= 4 is 17.5 Å². The molecule has 5 rings (SSSR count). The summed E-state index contributed by atoms with van der Waals surface area (Å²) in [5, 5.41) is 14.2. The number of hydrogen-bond donors (Lipinski definition) is 2. The average molecular weight is 597 g/mol. The topological polar surface area (TPSA) is 119 Å². The van der Waals surface area contributed by atoms with E-state index >= 15 is 0 Å². The molecule has 10 nitrogen and oxygen atoms in total. The minimum Gasteiger partial charge on any atom is -0.349 e. The fraction of sp³-hybridized carbons (Fsp3) is 0.630. The zero-order valence-corrected chi connectivity index (χ0v) is 23.1. The van der Waals surface area contributed by atoms with Gasteiger partial charge in [0.2, 0.25) is 17.7 Å². The summed E-state index contributed by atoms with van der Waals surface area (Å²) in [5.41, 5.74) is 1.67.